The number of carbonyl (C=O) groups excluding carboxylic acids is 1. The number of benzene rings is 1. The maximum atomic E-state index is 12.2. The van der Waals surface area contributed by atoms with Crippen LogP contribution in [0.2, 0.25) is 0 Å². The number of hydrogen-bond acceptors (Lipinski definition) is 4. The van der Waals surface area contributed by atoms with Gasteiger partial charge in [-0.2, -0.15) is 0 Å². The molecule has 2 rings (SSSR count). The Labute approximate surface area is 149 Å². The fourth-order valence-corrected chi connectivity index (χ4v) is 2.91. The Morgan fingerprint density at radius 1 is 1.20 bits per heavy atom. The summed E-state index contributed by atoms with van der Waals surface area (Å²) in [6, 6.07) is 7.28. The highest BCUT2D eigenvalue weighted by molar-refractivity contribution is 5.87. The molecule has 1 aliphatic rings. The van der Waals surface area contributed by atoms with Crippen molar-refractivity contribution < 1.29 is 19.4 Å². The first-order chi connectivity index (χ1) is 11.7. The fourth-order valence-electron chi connectivity index (χ4n) is 2.91. The number of piperazine rings is 1. The van der Waals surface area contributed by atoms with Gasteiger partial charge in [0.1, 0.15) is 5.60 Å². The zero-order valence-electron chi connectivity index (χ0n) is 15.5. The predicted molar refractivity (Wildman–Crippen MR) is 95.9 cm³/mol. The monoisotopic (exact) mass is 348 g/mol. The highest BCUT2D eigenvalue weighted by Crippen LogP contribution is 2.15. The molecule has 1 aliphatic heterocycles. The minimum absolute atomic E-state index is 0.247. The molecule has 138 valence electrons. The van der Waals surface area contributed by atoms with Crippen molar-refractivity contribution in [1.82, 2.24) is 9.80 Å². The lowest BCUT2D eigenvalue weighted by atomic mass is 10.1. The van der Waals surface area contributed by atoms with Crippen molar-refractivity contribution in [2.45, 2.75) is 45.8 Å². The zero-order chi connectivity index (χ0) is 18.6. The van der Waals surface area contributed by atoms with Crippen molar-refractivity contribution in [3.63, 3.8) is 0 Å². The molecule has 0 saturated carbocycles. The summed E-state index contributed by atoms with van der Waals surface area (Å²) < 4.78 is 5.44. The van der Waals surface area contributed by atoms with E-state index in [1.807, 2.05) is 32.9 Å². The first kappa shape index (κ1) is 19.2. The molecule has 1 aromatic rings. The van der Waals surface area contributed by atoms with Crippen LogP contribution in [0.3, 0.4) is 0 Å². The van der Waals surface area contributed by atoms with E-state index in [-0.39, 0.29) is 12.1 Å². The number of nitrogens with zero attached hydrogens (tertiary/aromatic N) is 2. The van der Waals surface area contributed by atoms with Crippen molar-refractivity contribution in [1.29, 1.82) is 0 Å². The lowest BCUT2D eigenvalue weighted by Gasteiger charge is -2.40. The second-order valence-corrected chi connectivity index (χ2v) is 7.56. The van der Waals surface area contributed by atoms with Crippen molar-refractivity contribution >= 4 is 12.1 Å². The SMILES string of the molecule is CC1CN(C(=O)OC(C)(C)C)CCN1CCc1ccc(C(=O)O)cc1. The lowest BCUT2D eigenvalue weighted by Crippen LogP contribution is -2.54. The summed E-state index contributed by atoms with van der Waals surface area (Å²) in [5, 5.41) is 8.93. The van der Waals surface area contributed by atoms with Gasteiger partial charge in [0.15, 0.2) is 0 Å². The van der Waals surface area contributed by atoms with E-state index in [1.165, 1.54) is 0 Å². The third-order valence-electron chi connectivity index (χ3n) is 4.31. The summed E-state index contributed by atoms with van der Waals surface area (Å²) in [5.41, 5.74) is 0.953. The van der Waals surface area contributed by atoms with Crippen molar-refractivity contribution in [2.75, 3.05) is 26.2 Å². The number of amides is 1. The minimum Gasteiger partial charge on any atom is -0.478 e. The highest BCUT2D eigenvalue weighted by atomic mass is 16.6. The first-order valence-corrected chi connectivity index (χ1v) is 8.70. The Morgan fingerprint density at radius 2 is 1.84 bits per heavy atom. The van der Waals surface area contributed by atoms with Gasteiger partial charge < -0.3 is 14.7 Å². The Bertz CT molecular complexity index is 607. The molecule has 25 heavy (non-hydrogen) atoms. The predicted octanol–water partition coefficient (Wildman–Crippen LogP) is 2.87. The fraction of sp³-hybridized carbons (Fsp3) is 0.579. The van der Waals surface area contributed by atoms with Gasteiger partial charge in [0.2, 0.25) is 0 Å². The second kappa shape index (κ2) is 7.87. The van der Waals surface area contributed by atoms with Crippen molar-refractivity contribution in [3.8, 4) is 0 Å². The standard InChI is InChI=1S/C19H28N2O4/c1-14-13-21(18(24)25-19(2,3)4)12-11-20(14)10-9-15-5-7-16(8-6-15)17(22)23/h5-8,14H,9-13H2,1-4H3,(H,22,23). The van der Waals surface area contributed by atoms with E-state index in [0.29, 0.717) is 18.7 Å². The number of rotatable bonds is 4. The van der Waals surface area contributed by atoms with Crippen LogP contribution < -0.4 is 0 Å². The zero-order valence-corrected chi connectivity index (χ0v) is 15.5. The van der Waals surface area contributed by atoms with Gasteiger partial charge in [0.05, 0.1) is 5.56 Å². The normalized spacial score (nSPS) is 18.9. The van der Waals surface area contributed by atoms with Crippen LogP contribution in [0, 0.1) is 0 Å². The van der Waals surface area contributed by atoms with Gasteiger partial charge in [-0.25, -0.2) is 9.59 Å². The van der Waals surface area contributed by atoms with Gasteiger partial charge in [0, 0.05) is 32.2 Å². The summed E-state index contributed by atoms with van der Waals surface area (Å²) in [4.78, 5) is 27.2. The van der Waals surface area contributed by atoms with Crippen molar-refractivity contribution in [2.24, 2.45) is 0 Å². The molecule has 1 N–H and O–H groups in total. The van der Waals surface area contributed by atoms with E-state index in [1.54, 1.807) is 17.0 Å². The Balaban J connectivity index is 1.83. The molecule has 0 bridgehead atoms. The van der Waals surface area contributed by atoms with Crippen LogP contribution in [0.15, 0.2) is 24.3 Å². The number of carboxylic acid groups (broad SMARTS) is 1. The van der Waals surface area contributed by atoms with Crippen LogP contribution in [0.25, 0.3) is 0 Å². The maximum absolute atomic E-state index is 12.2. The van der Waals surface area contributed by atoms with Crippen LogP contribution >= 0.6 is 0 Å². The molecule has 1 heterocycles. The van der Waals surface area contributed by atoms with Gasteiger partial charge in [-0.3, -0.25) is 4.90 Å². The first-order valence-electron chi connectivity index (χ1n) is 8.70. The maximum Gasteiger partial charge on any atom is 0.410 e. The lowest BCUT2D eigenvalue weighted by molar-refractivity contribution is 0.00596. The minimum atomic E-state index is -0.904. The molecule has 1 amide bonds. The summed E-state index contributed by atoms with van der Waals surface area (Å²) in [7, 11) is 0. The molecular weight excluding hydrogens is 320 g/mol. The van der Waals surface area contributed by atoms with E-state index in [4.69, 9.17) is 9.84 Å². The van der Waals surface area contributed by atoms with E-state index < -0.39 is 11.6 Å². The third-order valence-corrected chi connectivity index (χ3v) is 4.31. The molecule has 6 nitrogen and oxygen atoms in total. The van der Waals surface area contributed by atoms with Gasteiger partial charge in [0.25, 0.3) is 0 Å². The van der Waals surface area contributed by atoms with Crippen LogP contribution in [0.4, 0.5) is 4.79 Å². The average Bonchev–Trinajstić information content (AvgIpc) is 2.52. The van der Waals surface area contributed by atoms with Crippen LogP contribution in [-0.4, -0.2) is 64.8 Å². The molecule has 0 radical (unpaired) electrons. The summed E-state index contributed by atoms with van der Waals surface area (Å²) in [5.74, 6) is -0.904. The summed E-state index contributed by atoms with van der Waals surface area (Å²) in [6.45, 7) is 10.8. The molecule has 1 fully saturated rings. The van der Waals surface area contributed by atoms with Crippen molar-refractivity contribution in [3.05, 3.63) is 35.4 Å². The quantitative estimate of drug-likeness (QED) is 0.906. The van der Waals surface area contributed by atoms with Crippen LogP contribution in [0.1, 0.15) is 43.6 Å². The smallest absolute Gasteiger partial charge is 0.410 e. The Morgan fingerprint density at radius 3 is 2.36 bits per heavy atom. The summed E-state index contributed by atoms with van der Waals surface area (Å²) in [6.07, 6.45) is 0.611. The summed E-state index contributed by atoms with van der Waals surface area (Å²) >= 11 is 0. The largest absolute Gasteiger partial charge is 0.478 e. The number of hydrogen-bond donors (Lipinski definition) is 1. The highest BCUT2D eigenvalue weighted by Gasteiger charge is 2.29. The second-order valence-electron chi connectivity index (χ2n) is 7.56. The number of carbonyl (C=O) groups is 2. The molecule has 1 aromatic carbocycles. The average molecular weight is 348 g/mol. The molecular formula is C19H28N2O4. The molecule has 0 aromatic heterocycles. The number of ether oxygens (including phenoxy) is 1. The van der Waals surface area contributed by atoms with Crippen LogP contribution in [-0.2, 0) is 11.2 Å². The molecule has 1 unspecified atom stereocenters. The van der Waals surface area contributed by atoms with Gasteiger partial charge in [-0.1, -0.05) is 12.1 Å². The Hall–Kier alpha value is -2.08. The molecule has 0 aliphatic carbocycles. The Kier molecular flexibility index (Phi) is 6.06. The number of carboxylic acids is 1. The van der Waals surface area contributed by atoms with Gasteiger partial charge in [-0.15, -0.1) is 0 Å². The van der Waals surface area contributed by atoms with E-state index in [2.05, 4.69) is 11.8 Å². The van der Waals surface area contributed by atoms with E-state index in [0.717, 1.165) is 25.1 Å². The van der Waals surface area contributed by atoms with Gasteiger partial charge >= 0.3 is 12.1 Å². The molecule has 6 heteroatoms. The number of aromatic carboxylic acids is 1. The molecule has 1 saturated heterocycles. The van der Waals surface area contributed by atoms with E-state index in [9.17, 15) is 9.59 Å². The third kappa shape index (κ3) is 5.74. The van der Waals surface area contributed by atoms with Crippen LogP contribution in [0.5, 0.6) is 0 Å². The van der Waals surface area contributed by atoms with E-state index >= 15 is 0 Å². The molecule has 0 spiro atoms. The molecule has 1 atom stereocenters. The topological polar surface area (TPSA) is 70.1 Å². The van der Waals surface area contributed by atoms with Gasteiger partial charge in [-0.05, 0) is 51.8 Å².